The van der Waals surface area contributed by atoms with E-state index in [0.717, 1.165) is 13.1 Å². The molecule has 0 radical (unpaired) electrons. The Morgan fingerprint density at radius 2 is 1.75 bits per heavy atom. The van der Waals surface area contributed by atoms with Crippen LogP contribution in [0.2, 0.25) is 0 Å². The number of hydrogen-bond acceptors (Lipinski definition) is 2. The molecule has 0 spiro atoms. The topological polar surface area (TPSA) is 24.1 Å². The van der Waals surface area contributed by atoms with Gasteiger partial charge >= 0.3 is 0 Å². The molecule has 2 N–H and O–H groups in total. The van der Waals surface area contributed by atoms with Crippen molar-refractivity contribution in [1.29, 1.82) is 0 Å². The Morgan fingerprint density at radius 1 is 1.12 bits per heavy atom. The maximum absolute atomic E-state index is 3.03. The summed E-state index contributed by atoms with van der Waals surface area (Å²) in [6.07, 6.45) is 1.19. The summed E-state index contributed by atoms with van der Waals surface area (Å²) in [6, 6.07) is 0. The van der Waals surface area contributed by atoms with E-state index in [1.807, 2.05) is 0 Å². The summed E-state index contributed by atoms with van der Waals surface area (Å²) in [5, 5.41) is 0. The van der Waals surface area contributed by atoms with E-state index in [0.29, 0.717) is 0 Å². The van der Waals surface area contributed by atoms with Crippen LogP contribution >= 0.6 is 12.4 Å². The van der Waals surface area contributed by atoms with Crippen LogP contribution in [0.1, 0.15) is 20.3 Å². The molecule has 0 atom stereocenters. The zero-order valence-corrected chi connectivity index (χ0v) is 6.35. The zero-order chi connectivity index (χ0) is 5.54. The molecule has 0 saturated heterocycles. The lowest BCUT2D eigenvalue weighted by Crippen LogP contribution is -2.31. The molecule has 3 heteroatoms. The Kier molecular flexibility index (Phi) is 14.2. The van der Waals surface area contributed by atoms with Crippen molar-refractivity contribution in [2.75, 3.05) is 13.1 Å². The van der Waals surface area contributed by atoms with E-state index >= 15 is 0 Å². The Morgan fingerprint density at radius 3 is 2.12 bits per heavy atom. The predicted molar refractivity (Wildman–Crippen MR) is 39.2 cm³/mol. The van der Waals surface area contributed by atoms with Crippen LogP contribution in [0.15, 0.2) is 0 Å². The highest BCUT2D eigenvalue weighted by Gasteiger charge is 1.74. The van der Waals surface area contributed by atoms with E-state index in [1.54, 1.807) is 0 Å². The molecule has 0 heterocycles. The minimum atomic E-state index is 0. The number of rotatable bonds is 4. The van der Waals surface area contributed by atoms with E-state index in [2.05, 4.69) is 24.7 Å². The number of halogens is 1. The van der Waals surface area contributed by atoms with Crippen molar-refractivity contribution in [3.63, 3.8) is 0 Å². The molecule has 0 rings (SSSR count). The zero-order valence-electron chi connectivity index (χ0n) is 5.53. The molecule has 0 aliphatic carbocycles. The van der Waals surface area contributed by atoms with Gasteiger partial charge in [0.05, 0.1) is 0 Å². The van der Waals surface area contributed by atoms with Gasteiger partial charge in [0.25, 0.3) is 0 Å². The molecule has 0 unspecified atom stereocenters. The van der Waals surface area contributed by atoms with Gasteiger partial charge in [-0.1, -0.05) is 13.8 Å². The molecule has 0 aliphatic rings. The second-order valence-corrected chi connectivity index (χ2v) is 1.46. The molecule has 0 fully saturated rings. The maximum atomic E-state index is 3.03. The summed E-state index contributed by atoms with van der Waals surface area (Å²) in [4.78, 5) is 0. The Bertz CT molecular complexity index is 29.6. The largest absolute Gasteiger partial charge is 0.258 e. The Hall–Kier alpha value is 0.210. The van der Waals surface area contributed by atoms with Crippen LogP contribution in [0.5, 0.6) is 0 Å². The van der Waals surface area contributed by atoms with Gasteiger partial charge in [-0.25, -0.2) is 0 Å². The van der Waals surface area contributed by atoms with Crippen LogP contribution in [0, 0.1) is 0 Å². The van der Waals surface area contributed by atoms with Gasteiger partial charge in [-0.2, -0.15) is 0 Å². The van der Waals surface area contributed by atoms with Crippen molar-refractivity contribution in [1.82, 2.24) is 10.9 Å². The minimum Gasteiger partial charge on any atom is -0.258 e. The van der Waals surface area contributed by atoms with Gasteiger partial charge < -0.3 is 0 Å². The van der Waals surface area contributed by atoms with Crippen LogP contribution in [0.4, 0.5) is 0 Å². The van der Waals surface area contributed by atoms with Gasteiger partial charge in [-0.3, -0.25) is 10.9 Å². The lowest BCUT2D eigenvalue weighted by Gasteiger charge is -1.98. The summed E-state index contributed by atoms with van der Waals surface area (Å²) in [7, 11) is 0. The third kappa shape index (κ3) is 9.51. The first kappa shape index (κ1) is 11.1. The summed E-state index contributed by atoms with van der Waals surface area (Å²) >= 11 is 0. The highest BCUT2D eigenvalue weighted by atomic mass is 35.5. The van der Waals surface area contributed by atoms with Crippen LogP contribution in [0.3, 0.4) is 0 Å². The standard InChI is InChI=1S/C5H14N2.ClH/c1-3-5-7-6-4-2;/h6-7H,3-5H2,1-2H3;1H. The third-order valence-corrected chi connectivity index (χ3v) is 0.677. The first-order valence-electron chi connectivity index (χ1n) is 2.87. The summed E-state index contributed by atoms with van der Waals surface area (Å²) in [5.74, 6) is 0. The van der Waals surface area contributed by atoms with Crippen LogP contribution in [-0.2, 0) is 0 Å². The fourth-order valence-corrected chi connectivity index (χ4v) is 0.338. The molecule has 0 aliphatic heterocycles. The van der Waals surface area contributed by atoms with Gasteiger partial charge in [0.1, 0.15) is 0 Å². The number of hydrazine groups is 1. The minimum absolute atomic E-state index is 0. The molecule has 0 aromatic heterocycles. The van der Waals surface area contributed by atoms with Crippen molar-refractivity contribution < 1.29 is 0 Å². The monoisotopic (exact) mass is 138 g/mol. The summed E-state index contributed by atoms with van der Waals surface area (Å²) in [5.41, 5.74) is 6.03. The van der Waals surface area contributed by atoms with Crippen LogP contribution in [-0.4, -0.2) is 13.1 Å². The molecular formula is C5H15ClN2. The molecule has 2 nitrogen and oxygen atoms in total. The normalized spacial score (nSPS) is 8.25. The van der Waals surface area contributed by atoms with E-state index in [9.17, 15) is 0 Å². The van der Waals surface area contributed by atoms with E-state index < -0.39 is 0 Å². The van der Waals surface area contributed by atoms with E-state index in [-0.39, 0.29) is 12.4 Å². The number of hydrogen-bond donors (Lipinski definition) is 2. The maximum Gasteiger partial charge on any atom is 0.00971 e. The molecule has 0 amide bonds. The second kappa shape index (κ2) is 10.2. The van der Waals surface area contributed by atoms with Crippen LogP contribution in [0.25, 0.3) is 0 Å². The predicted octanol–water partition coefficient (Wildman–Crippen LogP) is 0.932. The fourth-order valence-electron chi connectivity index (χ4n) is 0.338. The summed E-state index contributed by atoms with van der Waals surface area (Å²) < 4.78 is 0. The molecule has 0 bridgehead atoms. The summed E-state index contributed by atoms with van der Waals surface area (Å²) in [6.45, 7) is 6.28. The molecular weight excluding hydrogens is 124 g/mol. The van der Waals surface area contributed by atoms with Crippen molar-refractivity contribution in [3.8, 4) is 0 Å². The smallest absolute Gasteiger partial charge is 0.00971 e. The van der Waals surface area contributed by atoms with Crippen molar-refractivity contribution >= 4 is 12.4 Å². The Labute approximate surface area is 57.4 Å². The first-order chi connectivity index (χ1) is 3.41. The first-order valence-corrected chi connectivity index (χ1v) is 2.87. The third-order valence-electron chi connectivity index (χ3n) is 0.677. The molecule has 0 saturated carbocycles. The van der Waals surface area contributed by atoms with Crippen molar-refractivity contribution in [3.05, 3.63) is 0 Å². The highest BCUT2D eigenvalue weighted by Crippen LogP contribution is 1.63. The quantitative estimate of drug-likeness (QED) is 0.446. The highest BCUT2D eigenvalue weighted by molar-refractivity contribution is 5.85. The lowest BCUT2D eigenvalue weighted by atomic mass is 10.5. The average Bonchev–Trinajstić information content (AvgIpc) is 1.69. The van der Waals surface area contributed by atoms with Gasteiger partial charge in [0, 0.05) is 13.1 Å². The number of nitrogens with one attached hydrogen (secondary N) is 2. The van der Waals surface area contributed by atoms with Gasteiger partial charge in [0.15, 0.2) is 0 Å². The van der Waals surface area contributed by atoms with Crippen LogP contribution < -0.4 is 10.9 Å². The second-order valence-electron chi connectivity index (χ2n) is 1.46. The van der Waals surface area contributed by atoms with Gasteiger partial charge in [-0.15, -0.1) is 12.4 Å². The fraction of sp³-hybridized carbons (Fsp3) is 1.00. The van der Waals surface area contributed by atoms with Crippen molar-refractivity contribution in [2.24, 2.45) is 0 Å². The van der Waals surface area contributed by atoms with E-state index in [4.69, 9.17) is 0 Å². The molecule has 0 aromatic rings. The molecule has 0 aromatic carbocycles. The SMILES string of the molecule is CCCNNCC.Cl. The van der Waals surface area contributed by atoms with Gasteiger partial charge in [0.2, 0.25) is 0 Å². The molecule has 52 valence electrons. The molecule has 8 heavy (non-hydrogen) atoms. The Balaban J connectivity index is 0. The average molecular weight is 139 g/mol. The lowest BCUT2D eigenvalue weighted by molar-refractivity contribution is 0.548. The van der Waals surface area contributed by atoms with E-state index in [1.165, 1.54) is 6.42 Å². The van der Waals surface area contributed by atoms with Gasteiger partial charge in [-0.05, 0) is 6.42 Å². The van der Waals surface area contributed by atoms with Crippen molar-refractivity contribution in [2.45, 2.75) is 20.3 Å².